The van der Waals surface area contributed by atoms with Crippen molar-refractivity contribution in [2.75, 3.05) is 5.73 Å². The summed E-state index contributed by atoms with van der Waals surface area (Å²) in [7, 11) is 0. The maximum Gasteiger partial charge on any atom is 0.226 e. The molecule has 1 aromatic carbocycles. The van der Waals surface area contributed by atoms with Crippen LogP contribution in [-0.4, -0.2) is 19.7 Å². The van der Waals surface area contributed by atoms with Gasteiger partial charge < -0.3 is 5.73 Å². The van der Waals surface area contributed by atoms with Crippen molar-refractivity contribution >= 4 is 28.5 Å². The lowest BCUT2D eigenvalue weighted by Gasteiger charge is -2.02. The summed E-state index contributed by atoms with van der Waals surface area (Å²) >= 11 is 5.85. The van der Waals surface area contributed by atoms with Gasteiger partial charge in [-0.2, -0.15) is 10.1 Å². The molecule has 6 heteroatoms. The summed E-state index contributed by atoms with van der Waals surface area (Å²) in [6.07, 6.45) is 0. The summed E-state index contributed by atoms with van der Waals surface area (Å²) in [6, 6.07) is 9.70. The number of hydrogen-bond acceptors (Lipinski definition) is 4. The second-order valence-corrected chi connectivity index (χ2v) is 4.25. The number of nitrogens with two attached hydrogens (primary N) is 1. The number of hydrogen-bond donors (Lipinski definition) is 1. The predicted molar refractivity (Wildman–Crippen MR) is 70.8 cm³/mol. The van der Waals surface area contributed by atoms with E-state index in [0.29, 0.717) is 11.5 Å². The van der Waals surface area contributed by atoms with Crippen LogP contribution in [0.2, 0.25) is 5.28 Å². The van der Waals surface area contributed by atoms with Crippen molar-refractivity contribution in [2.45, 2.75) is 6.92 Å². The number of para-hydroxylation sites is 1. The zero-order valence-electron chi connectivity index (χ0n) is 9.63. The van der Waals surface area contributed by atoms with Gasteiger partial charge in [0, 0.05) is 0 Å². The van der Waals surface area contributed by atoms with E-state index in [4.69, 9.17) is 17.3 Å². The topological polar surface area (TPSA) is 69.6 Å². The highest BCUT2D eigenvalue weighted by Crippen LogP contribution is 2.25. The molecule has 0 aliphatic heterocycles. The molecule has 2 aromatic heterocycles. The van der Waals surface area contributed by atoms with Gasteiger partial charge in [-0.3, -0.25) is 0 Å². The first-order chi connectivity index (χ1) is 8.66. The second-order valence-electron chi connectivity index (χ2n) is 3.91. The average molecular weight is 260 g/mol. The Labute approximate surface area is 108 Å². The Balaban J connectivity index is 2.38. The van der Waals surface area contributed by atoms with Crippen LogP contribution < -0.4 is 5.73 Å². The molecule has 0 bridgehead atoms. The first kappa shape index (κ1) is 11.0. The van der Waals surface area contributed by atoms with Gasteiger partial charge in [-0.15, -0.1) is 0 Å². The highest BCUT2D eigenvalue weighted by atomic mass is 35.5. The molecule has 0 spiro atoms. The molecule has 90 valence electrons. The van der Waals surface area contributed by atoms with Gasteiger partial charge in [0.05, 0.1) is 16.8 Å². The fourth-order valence-corrected chi connectivity index (χ4v) is 2.11. The van der Waals surface area contributed by atoms with Crippen LogP contribution in [0.1, 0.15) is 5.69 Å². The Hall–Kier alpha value is -2.14. The second kappa shape index (κ2) is 3.96. The number of aromatic nitrogens is 4. The number of fused-ring (bicyclic) bond motifs is 1. The Kier molecular flexibility index (Phi) is 2.41. The van der Waals surface area contributed by atoms with Gasteiger partial charge in [0.15, 0.2) is 5.65 Å². The van der Waals surface area contributed by atoms with Gasteiger partial charge in [-0.25, -0.2) is 9.67 Å². The van der Waals surface area contributed by atoms with Crippen molar-refractivity contribution < 1.29 is 0 Å². The number of nitrogens with zero attached hydrogens (tertiary/aromatic N) is 4. The smallest absolute Gasteiger partial charge is 0.226 e. The summed E-state index contributed by atoms with van der Waals surface area (Å²) < 4.78 is 1.72. The third-order valence-electron chi connectivity index (χ3n) is 2.70. The van der Waals surface area contributed by atoms with Crippen LogP contribution in [0.4, 0.5) is 5.82 Å². The summed E-state index contributed by atoms with van der Waals surface area (Å²) in [5.41, 5.74) is 8.17. The lowest BCUT2D eigenvalue weighted by Crippen LogP contribution is -1.99. The van der Waals surface area contributed by atoms with Gasteiger partial charge >= 0.3 is 0 Å². The first-order valence-electron chi connectivity index (χ1n) is 5.40. The Bertz CT molecular complexity index is 720. The van der Waals surface area contributed by atoms with Crippen LogP contribution >= 0.6 is 11.6 Å². The van der Waals surface area contributed by atoms with Gasteiger partial charge in [-0.1, -0.05) is 18.2 Å². The molecule has 0 saturated heterocycles. The van der Waals surface area contributed by atoms with E-state index in [-0.39, 0.29) is 5.28 Å². The Morgan fingerprint density at radius 3 is 2.61 bits per heavy atom. The van der Waals surface area contributed by atoms with E-state index >= 15 is 0 Å². The zero-order chi connectivity index (χ0) is 12.7. The minimum Gasteiger partial charge on any atom is -0.383 e. The van der Waals surface area contributed by atoms with Crippen LogP contribution in [0.15, 0.2) is 30.3 Å². The van der Waals surface area contributed by atoms with E-state index in [0.717, 1.165) is 16.8 Å². The van der Waals surface area contributed by atoms with Crippen LogP contribution in [-0.2, 0) is 0 Å². The molecule has 3 rings (SSSR count). The van der Waals surface area contributed by atoms with Gasteiger partial charge in [0.2, 0.25) is 5.28 Å². The number of rotatable bonds is 1. The molecular weight excluding hydrogens is 250 g/mol. The summed E-state index contributed by atoms with van der Waals surface area (Å²) in [5, 5.41) is 5.30. The Morgan fingerprint density at radius 2 is 1.89 bits per heavy atom. The van der Waals surface area contributed by atoms with Crippen molar-refractivity contribution in [1.82, 2.24) is 19.7 Å². The van der Waals surface area contributed by atoms with Crippen LogP contribution in [0.5, 0.6) is 0 Å². The molecule has 0 aliphatic carbocycles. The maximum absolute atomic E-state index is 5.86. The number of benzene rings is 1. The van der Waals surface area contributed by atoms with Gasteiger partial charge in [0.1, 0.15) is 5.82 Å². The molecule has 0 saturated carbocycles. The number of nitrogen functional groups attached to an aromatic ring is 1. The summed E-state index contributed by atoms with van der Waals surface area (Å²) in [5.74, 6) is 0.352. The molecule has 2 N–H and O–H groups in total. The van der Waals surface area contributed by atoms with E-state index in [1.54, 1.807) is 4.68 Å². The normalized spacial score (nSPS) is 11.0. The maximum atomic E-state index is 5.86. The molecule has 3 aromatic rings. The zero-order valence-corrected chi connectivity index (χ0v) is 10.4. The van der Waals surface area contributed by atoms with Crippen LogP contribution in [0.25, 0.3) is 16.7 Å². The van der Waals surface area contributed by atoms with Crippen molar-refractivity contribution in [2.24, 2.45) is 0 Å². The van der Waals surface area contributed by atoms with Crippen LogP contribution in [0, 0.1) is 6.92 Å². The molecule has 18 heavy (non-hydrogen) atoms. The third kappa shape index (κ3) is 1.60. The van der Waals surface area contributed by atoms with E-state index < -0.39 is 0 Å². The van der Waals surface area contributed by atoms with Crippen molar-refractivity contribution in [3.8, 4) is 5.69 Å². The van der Waals surface area contributed by atoms with Crippen molar-refractivity contribution in [1.29, 1.82) is 0 Å². The number of halogens is 1. The molecule has 5 nitrogen and oxygen atoms in total. The predicted octanol–water partition coefficient (Wildman–Crippen LogP) is 2.36. The largest absolute Gasteiger partial charge is 0.383 e. The third-order valence-corrected chi connectivity index (χ3v) is 2.87. The van der Waals surface area contributed by atoms with Crippen LogP contribution in [0.3, 0.4) is 0 Å². The van der Waals surface area contributed by atoms with E-state index in [2.05, 4.69) is 15.1 Å². The minimum absolute atomic E-state index is 0.122. The Morgan fingerprint density at radius 1 is 1.17 bits per heavy atom. The molecule has 0 aliphatic rings. The quantitative estimate of drug-likeness (QED) is 0.681. The van der Waals surface area contributed by atoms with E-state index in [1.807, 2.05) is 37.3 Å². The number of aryl methyl sites for hydroxylation is 1. The first-order valence-corrected chi connectivity index (χ1v) is 5.78. The molecule has 0 radical (unpaired) electrons. The van der Waals surface area contributed by atoms with Crippen molar-refractivity contribution in [3.63, 3.8) is 0 Å². The molecule has 0 fully saturated rings. The van der Waals surface area contributed by atoms with E-state index in [1.165, 1.54) is 0 Å². The highest BCUT2D eigenvalue weighted by molar-refractivity contribution is 6.28. The molecule has 0 atom stereocenters. The number of anilines is 1. The lowest BCUT2D eigenvalue weighted by atomic mass is 10.3. The van der Waals surface area contributed by atoms with E-state index in [9.17, 15) is 0 Å². The average Bonchev–Trinajstić information content (AvgIpc) is 2.67. The highest BCUT2D eigenvalue weighted by Gasteiger charge is 2.14. The standard InChI is InChI=1S/C12H10ClN5/c1-7-9-10(14)15-12(13)16-11(9)18(17-7)8-5-3-2-4-6-8/h2-6H,1H3,(H2,14,15,16). The van der Waals surface area contributed by atoms with Gasteiger partial charge in [0.25, 0.3) is 0 Å². The fraction of sp³-hybridized carbons (Fsp3) is 0.0833. The minimum atomic E-state index is 0.122. The summed E-state index contributed by atoms with van der Waals surface area (Å²) in [4.78, 5) is 8.16. The van der Waals surface area contributed by atoms with Gasteiger partial charge in [-0.05, 0) is 30.7 Å². The summed E-state index contributed by atoms with van der Waals surface area (Å²) in [6.45, 7) is 1.87. The fourth-order valence-electron chi connectivity index (χ4n) is 1.94. The molecular formula is C12H10ClN5. The van der Waals surface area contributed by atoms with Crippen molar-refractivity contribution in [3.05, 3.63) is 41.3 Å². The monoisotopic (exact) mass is 259 g/mol. The molecule has 0 amide bonds. The lowest BCUT2D eigenvalue weighted by molar-refractivity contribution is 0.876. The molecule has 2 heterocycles. The SMILES string of the molecule is Cc1nn(-c2ccccc2)c2nc(Cl)nc(N)c12. The molecule has 0 unspecified atom stereocenters.